The highest BCUT2D eigenvalue weighted by Gasteiger charge is 2.28. The zero-order valence-corrected chi connectivity index (χ0v) is 23.5. The summed E-state index contributed by atoms with van der Waals surface area (Å²) in [6.07, 6.45) is 8.96. The number of fused-ring (bicyclic) bond motifs is 1. The molecule has 2 atom stereocenters. The lowest BCUT2D eigenvalue weighted by Crippen LogP contribution is -2.42. The number of likely N-dealkylation sites (tertiary alicyclic amines) is 1. The van der Waals surface area contributed by atoms with Gasteiger partial charge in [0, 0.05) is 24.8 Å². The number of carbonyl (C=O) groups is 1. The van der Waals surface area contributed by atoms with Crippen LogP contribution in [0.4, 0.5) is 14.5 Å². The van der Waals surface area contributed by atoms with Gasteiger partial charge in [-0.3, -0.25) is 4.79 Å². The third-order valence-corrected chi connectivity index (χ3v) is 8.01. The first-order chi connectivity index (χ1) is 20.5. The molecule has 8 nitrogen and oxygen atoms in total. The van der Waals surface area contributed by atoms with E-state index in [-0.39, 0.29) is 34.8 Å². The monoisotopic (exact) mass is 576 g/mol. The summed E-state index contributed by atoms with van der Waals surface area (Å²) in [6.45, 7) is 3.76. The summed E-state index contributed by atoms with van der Waals surface area (Å²) in [6, 6.07) is 9.71. The summed E-state index contributed by atoms with van der Waals surface area (Å²) < 4.78 is 46.6. The van der Waals surface area contributed by atoms with Crippen LogP contribution in [0.2, 0.25) is 0 Å². The van der Waals surface area contributed by atoms with Crippen molar-refractivity contribution in [3.05, 3.63) is 77.6 Å². The number of rotatable bonds is 9. The minimum absolute atomic E-state index is 0.00603. The van der Waals surface area contributed by atoms with Gasteiger partial charge in [-0.25, -0.2) is 13.8 Å². The lowest BCUT2D eigenvalue weighted by molar-refractivity contribution is -0.0139. The van der Waals surface area contributed by atoms with Crippen LogP contribution in [0.15, 0.2) is 54.9 Å². The molecule has 2 aliphatic rings. The molecule has 2 aliphatic heterocycles. The molecule has 220 valence electrons. The van der Waals surface area contributed by atoms with Gasteiger partial charge in [-0.05, 0) is 63.0 Å². The first kappa shape index (κ1) is 28.1. The average molecular weight is 577 g/mol. The number of nitrogens with one attached hydrogen (secondary N) is 2. The number of piperidine rings is 1. The molecule has 42 heavy (non-hydrogen) atoms. The van der Waals surface area contributed by atoms with Crippen LogP contribution < -0.4 is 14.8 Å². The number of aromatic nitrogens is 2. The number of hydrogen-bond acceptors (Lipinski definition) is 7. The minimum Gasteiger partial charge on any atom is -0.493 e. The van der Waals surface area contributed by atoms with Gasteiger partial charge in [-0.15, -0.1) is 0 Å². The molecule has 0 unspecified atom stereocenters. The normalized spacial score (nSPS) is 19.5. The highest BCUT2D eigenvalue weighted by atomic mass is 19.1. The molecule has 0 amide bonds. The fourth-order valence-electron chi connectivity index (χ4n) is 5.80. The Morgan fingerprint density at radius 3 is 2.64 bits per heavy atom. The third kappa shape index (κ3) is 5.96. The van der Waals surface area contributed by atoms with E-state index in [2.05, 4.69) is 20.2 Å². The molecular formula is C32H34F2N4O4. The second kappa shape index (κ2) is 12.5. The summed E-state index contributed by atoms with van der Waals surface area (Å²) >= 11 is 0. The molecule has 2 saturated heterocycles. The van der Waals surface area contributed by atoms with Crippen molar-refractivity contribution >= 4 is 22.5 Å². The average Bonchev–Trinajstić information content (AvgIpc) is 3.44. The number of pyridine rings is 1. The van der Waals surface area contributed by atoms with Crippen LogP contribution >= 0.6 is 0 Å². The van der Waals surface area contributed by atoms with Gasteiger partial charge in [0.1, 0.15) is 17.2 Å². The minimum atomic E-state index is -0.783. The van der Waals surface area contributed by atoms with Crippen molar-refractivity contribution in [2.45, 2.75) is 44.2 Å². The lowest BCUT2D eigenvalue weighted by Gasteiger charge is -2.35. The van der Waals surface area contributed by atoms with Crippen LogP contribution in [0.1, 0.15) is 48.0 Å². The van der Waals surface area contributed by atoms with E-state index in [9.17, 15) is 9.18 Å². The summed E-state index contributed by atoms with van der Waals surface area (Å²) in [7, 11) is 1.54. The Labute approximate surface area is 243 Å². The smallest absolute Gasteiger partial charge is 0.198 e. The van der Waals surface area contributed by atoms with E-state index in [0.717, 1.165) is 38.5 Å². The van der Waals surface area contributed by atoms with Gasteiger partial charge in [0.25, 0.3) is 0 Å². The number of H-pyrrole nitrogens is 1. The summed E-state index contributed by atoms with van der Waals surface area (Å²) in [5.41, 5.74) is 1.18. The molecule has 4 aromatic rings. The second-order valence-electron chi connectivity index (χ2n) is 10.9. The maximum Gasteiger partial charge on any atom is 0.198 e. The maximum atomic E-state index is 15.2. The van der Waals surface area contributed by atoms with E-state index >= 15 is 4.39 Å². The fourth-order valence-corrected chi connectivity index (χ4v) is 5.80. The number of hydrogen-bond donors (Lipinski definition) is 2. The van der Waals surface area contributed by atoms with Crippen LogP contribution in [0, 0.1) is 11.6 Å². The molecule has 0 radical (unpaired) electrons. The van der Waals surface area contributed by atoms with Crippen molar-refractivity contribution in [3.63, 3.8) is 0 Å². The highest BCUT2D eigenvalue weighted by molar-refractivity contribution is 6.19. The van der Waals surface area contributed by atoms with Gasteiger partial charge in [0.05, 0.1) is 48.2 Å². The second-order valence-corrected chi connectivity index (χ2v) is 10.9. The van der Waals surface area contributed by atoms with Crippen molar-refractivity contribution in [1.82, 2.24) is 14.9 Å². The number of para-hydroxylation sites is 1. The van der Waals surface area contributed by atoms with Crippen molar-refractivity contribution in [3.8, 4) is 17.2 Å². The summed E-state index contributed by atoms with van der Waals surface area (Å²) in [5.74, 6) is -1.37. The Hall–Kier alpha value is -4.02. The largest absolute Gasteiger partial charge is 0.493 e. The topological polar surface area (TPSA) is 88.7 Å². The predicted octanol–water partition coefficient (Wildman–Crippen LogP) is 6.32. The molecule has 2 aromatic heterocycles. The molecule has 2 fully saturated rings. The summed E-state index contributed by atoms with van der Waals surface area (Å²) in [4.78, 5) is 23.6. The van der Waals surface area contributed by atoms with E-state index in [1.807, 2.05) is 0 Å². The molecular weight excluding hydrogens is 542 g/mol. The van der Waals surface area contributed by atoms with Gasteiger partial charge >= 0.3 is 0 Å². The number of halogens is 2. The van der Waals surface area contributed by atoms with Crippen molar-refractivity contribution in [1.29, 1.82) is 0 Å². The number of ether oxygens (including phenoxy) is 3. The fraction of sp³-hybridized carbons (Fsp3) is 0.375. The third-order valence-electron chi connectivity index (χ3n) is 8.01. The van der Waals surface area contributed by atoms with E-state index in [0.29, 0.717) is 29.1 Å². The SMILES string of the molecule is COc1cnc2[nH]cc(C(=O)c3ccc(Oc4ccccc4F)cc3F)c2c1N[C@@H]1CC[C@@H](CN2CCCCC2)OC1. The van der Waals surface area contributed by atoms with E-state index in [1.54, 1.807) is 19.4 Å². The number of benzene rings is 2. The van der Waals surface area contributed by atoms with Crippen LogP contribution in [0.25, 0.3) is 11.0 Å². The van der Waals surface area contributed by atoms with Crippen LogP contribution in [0.5, 0.6) is 17.2 Å². The van der Waals surface area contributed by atoms with Gasteiger partial charge in [-0.2, -0.15) is 0 Å². The summed E-state index contributed by atoms with van der Waals surface area (Å²) in [5, 5.41) is 4.05. The van der Waals surface area contributed by atoms with Gasteiger partial charge in [-0.1, -0.05) is 18.6 Å². The van der Waals surface area contributed by atoms with Crippen LogP contribution in [-0.2, 0) is 4.74 Å². The molecule has 6 rings (SSSR count). The van der Waals surface area contributed by atoms with Crippen LogP contribution in [-0.4, -0.2) is 66.1 Å². The van der Waals surface area contributed by atoms with Gasteiger partial charge in [0.2, 0.25) is 0 Å². The van der Waals surface area contributed by atoms with E-state index in [1.165, 1.54) is 55.8 Å². The van der Waals surface area contributed by atoms with Crippen molar-refractivity contribution in [2.75, 3.05) is 38.7 Å². The molecule has 10 heteroatoms. The molecule has 0 spiro atoms. The molecule has 0 aliphatic carbocycles. The number of carbonyl (C=O) groups excluding carboxylic acids is 1. The zero-order chi connectivity index (χ0) is 29.1. The van der Waals surface area contributed by atoms with Crippen LogP contribution in [0.3, 0.4) is 0 Å². The quantitative estimate of drug-likeness (QED) is 0.226. The lowest BCUT2D eigenvalue weighted by atomic mass is 10.00. The maximum absolute atomic E-state index is 15.2. The number of anilines is 1. The predicted molar refractivity (Wildman–Crippen MR) is 156 cm³/mol. The molecule has 2 N–H and O–H groups in total. The van der Waals surface area contributed by atoms with E-state index < -0.39 is 17.4 Å². The number of ketones is 1. The number of methoxy groups -OCH3 is 1. The molecule has 4 heterocycles. The van der Waals surface area contributed by atoms with Gasteiger partial charge in [0.15, 0.2) is 23.1 Å². The Morgan fingerprint density at radius 2 is 1.90 bits per heavy atom. The van der Waals surface area contributed by atoms with Crippen molar-refractivity contribution < 1.29 is 27.8 Å². The zero-order valence-electron chi connectivity index (χ0n) is 23.5. The Morgan fingerprint density at radius 1 is 1.07 bits per heavy atom. The molecule has 0 saturated carbocycles. The van der Waals surface area contributed by atoms with Gasteiger partial charge < -0.3 is 29.4 Å². The Balaban J connectivity index is 1.21. The van der Waals surface area contributed by atoms with E-state index in [4.69, 9.17) is 14.2 Å². The molecule has 2 aromatic carbocycles. The van der Waals surface area contributed by atoms with Crippen molar-refractivity contribution in [2.24, 2.45) is 0 Å². The highest BCUT2D eigenvalue weighted by Crippen LogP contribution is 2.37. The Bertz CT molecular complexity index is 1560. The Kier molecular flexibility index (Phi) is 8.34. The number of nitrogens with zero attached hydrogens (tertiary/aromatic N) is 2. The number of aromatic amines is 1. The molecule has 0 bridgehead atoms. The first-order valence-electron chi connectivity index (χ1n) is 14.4. The standard InChI is InChI=1S/C32H34F2N4O4/c1-40-28-17-36-32-29(30(28)37-20-9-10-22(41-19-20)18-38-13-5-2-6-14-38)24(16-35-32)31(39)23-12-11-21(15-26(23)34)42-27-8-4-3-7-25(27)33/h3-4,7-8,11-12,15-17,20,22H,2,5-6,9-10,13-14,18-19H2,1H3,(H2,35,36,37)/t20-,22+/m1/s1. The first-order valence-corrected chi connectivity index (χ1v) is 14.4.